The zero-order valence-corrected chi connectivity index (χ0v) is 15.5. The van der Waals surface area contributed by atoms with Crippen molar-refractivity contribution in [2.75, 3.05) is 6.61 Å². The topological polar surface area (TPSA) is 119 Å². The van der Waals surface area contributed by atoms with Gasteiger partial charge in [0.05, 0.1) is 22.5 Å². The molecule has 0 bridgehead atoms. The Morgan fingerprint density at radius 1 is 1.46 bits per heavy atom. The Kier molecular flexibility index (Phi) is 5.58. The molecule has 0 spiro atoms. The normalized spacial score (nSPS) is 23.8. The zero-order chi connectivity index (χ0) is 19.7. The standard InChI is InChI=1S/C17H21ClN2O6/c1-4-26-13-9-17(15(22)23,16(13,2)3)19-14(21)7-10-5-6-11(20(24)25)8-12(10)18/h5-6,8,13H,4,7,9H2,1-3H3,(H,19,21)(H,22,23). The molecule has 2 atom stereocenters. The van der Waals surface area contributed by atoms with E-state index in [1.54, 1.807) is 13.8 Å². The first kappa shape index (κ1) is 20.1. The van der Waals surface area contributed by atoms with Crippen molar-refractivity contribution in [1.29, 1.82) is 0 Å². The van der Waals surface area contributed by atoms with Crippen LogP contribution in [-0.4, -0.2) is 40.2 Å². The summed E-state index contributed by atoms with van der Waals surface area (Å²) >= 11 is 6.00. The first-order valence-corrected chi connectivity index (χ1v) is 8.51. The smallest absolute Gasteiger partial charge is 0.330 e. The number of halogens is 1. The number of nitrogens with zero attached hydrogens (tertiary/aromatic N) is 1. The van der Waals surface area contributed by atoms with Crippen LogP contribution < -0.4 is 5.32 Å². The Hall–Kier alpha value is -2.19. The van der Waals surface area contributed by atoms with Crippen LogP contribution in [0.5, 0.6) is 0 Å². The monoisotopic (exact) mass is 384 g/mol. The van der Waals surface area contributed by atoms with Crippen molar-refractivity contribution in [2.24, 2.45) is 5.41 Å². The van der Waals surface area contributed by atoms with Gasteiger partial charge in [0.15, 0.2) is 0 Å². The first-order chi connectivity index (χ1) is 12.0. The summed E-state index contributed by atoms with van der Waals surface area (Å²) in [6.45, 7) is 5.76. The SMILES string of the molecule is CCOC1CC(NC(=O)Cc2ccc([N+](=O)[O-])cc2Cl)(C(=O)O)C1(C)C. The van der Waals surface area contributed by atoms with Crippen LogP contribution in [0.15, 0.2) is 18.2 Å². The fourth-order valence-electron chi connectivity index (χ4n) is 3.29. The van der Waals surface area contributed by atoms with E-state index in [-0.39, 0.29) is 29.7 Å². The Labute approximate surface area is 155 Å². The predicted octanol–water partition coefficient (Wildman–Crippen LogP) is 2.57. The van der Waals surface area contributed by atoms with Crippen LogP contribution in [0.4, 0.5) is 5.69 Å². The van der Waals surface area contributed by atoms with Gasteiger partial charge in [0.1, 0.15) is 5.54 Å². The molecule has 0 aromatic heterocycles. The van der Waals surface area contributed by atoms with E-state index in [1.165, 1.54) is 12.1 Å². The number of non-ortho nitro benzene ring substituents is 1. The Morgan fingerprint density at radius 2 is 2.12 bits per heavy atom. The van der Waals surface area contributed by atoms with Gasteiger partial charge in [-0.2, -0.15) is 0 Å². The average molecular weight is 385 g/mol. The van der Waals surface area contributed by atoms with E-state index in [9.17, 15) is 24.8 Å². The van der Waals surface area contributed by atoms with Crippen molar-refractivity contribution in [3.8, 4) is 0 Å². The fourth-order valence-corrected chi connectivity index (χ4v) is 3.53. The molecule has 1 saturated carbocycles. The molecule has 2 unspecified atom stereocenters. The summed E-state index contributed by atoms with van der Waals surface area (Å²) in [5.74, 6) is -1.65. The Morgan fingerprint density at radius 3 is 2.58 bits per heavy atom. The van der Waals surface area contributed by atoms with Crippen LogP contribution in [0.2, 0.25) is 5.02 Å². The maximum absolute atomic E-state index is 12.4. The molecule has 2 rings (SSSR count). The third-order valence-electron chi connectivity index (χ3n) is 5.08. The molecule has 0 saturated heterocycles. The molecule has 9 heteroatoms. The largest absolute Gasteiger partial charge is 0.479 e. The molecule has 1 aromatic rings. The molecule has 142 valence electrons. The molecule has 0 heterocycles. The highest BCUT2D eigenvalue weighted by molar-refractivity contribution is 6.31. The number of ether oxygens (including phenoxy) is 1. The van der Waals surface area contributed by atoms with Crippen molar-refractivity contribution in [1.82, 2.24) is 5.32 Å². The van der Waals surface area contributed by atoms with E-state index < -0.39 is 27.8 Å². The van der Waals surface area contributed by atoms with Gasteiger partial charge < -0.3 is 15.2 Å². The summed E-state index contributed by atoms with van der Waals surface area (Å²) in [6.07, 6.45) is -0.281. The molecular weight excluding hydrogens is 364 g/mol. The van der Waals surface area contributed by atoms with Crippen LogP contribution >= 0.6 is 11.6 Å². The second kappa shape index (κ2) is 7.20. The van der Waals surface area contributed by atoms with E-state index in [0.29, 0.717) is 12.2 Å². The number of nitro groups is 1. The van der Waals surface area contributed by atoms with Crippen molar-refractivity contribution >= 4 is 29.2 Å². The highest BCUT2D eigenvalue weighted by atomic mass is 35.5. The molecular formula is C17H21ClN2O6. The summed E-state index contributed by atoms with van der Waals surface area (Å²) < 4.78 is 5.55. The van der Waals surface area contributed by atoms with Crippen LogP contribution in [0.25, 0.3) is 0 Å². The number of carboxylic acid groups (broad SMARTS) is 1. The predicted molar refractivity (Wildman–Crippen MR) is 94.1 cm³/mol. The number of benzene rings is 1. The van der Waals surface area contributed by atoms with Gasteiger partial charge in [-0.25, -0.2) is 4.79 Å². The third kappa shape index (κ3) is 3.39. The number of amides is 1. The number of hydrogen-bond acceptors (Lipinski definition) is 5. The average Bonchev–Trinajstić information content (AvgIpc) is 2.55. The summed E-state index contributed by atoms with van der Waals surface area (Å²) in [6, 6.07) is 3.80. The van der Waals surface area contributed by atoms with Crippen molar-refractivity contribution in [3.05, 3.63) is 38.9 Å². The molecule has 1 aliphatic rings. The molecule has 0 radical (unpaired) electrons. The molecule has 1 aliphatic carbocycles. The van der Waals surface area contributed by atoms with Gasteiger partial charge in [-0.3, -0.25) is 14.9 Å². The highest BCUT2D eigenvalue weighted by Crippen LogP contribution is 2.51. The minimum atomic E-state index is -1.43. The Balaban J connectivity index is 2.15. The van der Waals surface area contributed by atoms with Gasteiger partial charge in [-0.05, 0) is 12.5 Å². The van der Waals surface area contributed by atoms with Gasteiger partial charge in [-0.15, -0.1) is 0 Å². The van der Waals surface area contributed by atoms with Crippen LogP contribution in [-0.2, 0) is 20.7 Å². The van der Waals surface area contributed by atoms with E-state index in [2.05, 4.69) is 5.32 Å². The summed E-state index contributed by atoms with van der Waals surface area (Å²) in [4.78, 5) is 34.5. The molecule has 1 fully saturated rings. The maximum Gasteiger partial charge on any atom is 0.330 e. The van der Waals surface area contributed by atoms with Crippen LogP contribution in [0.1, 0.15) is 32.8 Å². The fraction of sp³-hybridized carbons (Fsp3) is 0.529. The second-order valence-electron chi connectivity index (χ2n) is 6.84. The summed E-state index contributed by atoms with van der Waals surface area (Å²) in [5.41, 5.74) is -2.02. The van der Waals surface area contributed by atoms with Gasteiger partial charge in [0.2, 0.25) is 5.91 Å². The van der Waals surface area contributed by atoms with Gasteiger partial charge in [-0.1, -0.05) is 31.5 Å². The van der Waals surface area contributed by atoms with E-state index in [0.717, 1.165) is 6.07 Å². The number of aliphatic carboxylic acids is 1. The summed E-state index contributed by atoms with van der Waals surface area (Å²) in [7, 11) is 0. The lowest BCUT2D eigenvalue weighted by Gasteiger charge is -2.58. The number of carboxylic acids is 1. The minimum absolute atomic E-state index is 0.0822. The third-order valence-corrected chi connectivity index (χ3v) is 5.43. The number of carbonyl (C=O) groups is 2. The number of nitrogens with one attached hydrogen (secondary N) is 1. The van der Waals surface area contributed by atoms with Gasteiger partial charge in [0, 0.05) is 30.6 Å². The molecule has 1 aromatic carbocycles. The molecule has 26 heavy (non-hydrogen) atoms. The maximum atomic E-state index is 12.4. The Bertz CT molecular complexity index is 751. The highest BCUT2D eigenvalue weighted by Gasteiger charge is 2.66. The van der Waals surface area contributed by atoms with Crippen molar-refractivity contribution in [3.63, 3.8) is 0 Å². The number of nitro benzene ring substituents is 1. The van der Waals surface area contributed by atoms with Crippen molar-refractivity contribution < 1.29 is 24.4 Å². The van der Waals surface area contributed by atoms with Crippen LogP contribution in [0.3, 0.4) is 0 Å². The lowest BCUT2D eigenvalue weighted by atomic mass is 9.54. The second-order valence-corrected chi connectivity index (χ2v) is 7.25. The molecule has 0 aliphatic heterocycles. The van der Waals surface area contributed by atoms with E-state index in [1.807, 2.05) is 6.92 Å². The number of carbonyl (C=O) groups excluding carboxylic acids is 1. The van der Waals surface area contributed by atoms with Gasteiger partial charge >= 0.3 is 5.97 Å². The number of hydrogen-bond donors (Lipinski definition) is 2. The lowest BCUT2D eigenvalue weighted by molar-refractivity contribution is -0.384. The molecule has 2 N–H and O–H groups in total. The van der Waals surface area contributed by atoms with E-state index in [4.69, 9.17) is 16.3 Å². The van der Waals surface area contributed by atoms with Crippen LogP contribution in [0, 0.1) is 15.5 Å². The summed E-state index contributed by atoms with van der Waals surface area (Å²) in [5, 5.41) is 23.1. The first-order valence-electron chi connectivity index (χ1n) is 8.14. The molecule has 1 amide bonds. The van der Waals surface area contributed by atoms with E-state index >= 15 is 0 Å². The van der Waals surface area contributed by atoms with Crippen molar-refractivity contribution in [2.45, 2.75) is 45.3 Å². The zero-order valence-electron chi connectivity index (χ0n) is 14.7. The van der Waals surface area contributed by atoms with Gasteiger partial charge in [0.25, 0.3) is 5.69 Å². The molecule has 8 nitrogen and oxygen atoms in total. The minimum Gasteiger partial charge on any atom is -0.479 e. The lowest BCUT2D eigenvalue weighted by Crippen LogP contribution is -2.76. The quantitative estimate of drug-likeness (QED) is 0.550. The number of rotatable bonds is 7.